The molecule has 3 aliphatic rings. The quantitative estimate of drug-likeness (QED) is 0.552. The van der Waals surface area contributed by atoms with Gasteiger partial charge in [0.1, 0.15) is 11.6 Å². The lowest BCUT2D eigenvalue weighted by Crippen LogP contribution is -2.56. The molecular weight excluding hydrogens is 458 g/mol. The molecule has 3 aliphatic heterocycles. The molecule has 190 valence electrons. The van der Waals surface area contributed by atoms with Crippen molar-refractivity contribution in [1.82, 2.24) is 4.90 Å². The van der Waals surface area contributed by atoms with Crippen molar-refractivity contribution in [2.75, 3.05) is 17.2 Å². The first kappa shape index (κ1) is 24.5. The Bertz CT molecular complexity index is 1180. The van der Waals surface area contributed by atoms with Crippen molar-refractivity contribution in [3.63, 3.8) is 0 Å². The van der Waals surface area contributed by atoms with E-state index in [9.17, 15) is 19.5 Å². The van der Waals surface area contributed by atoms with Crippen molar-refractivity contribution in [1.29, 1.82) is 0 Å². The fraction of sp³-hybridized carbons (Fsp3) is 0.464. The maximum atomic E-state index is 14.0. The number of carbonyl (C=O) groups excluding carboxylic acids is 3. The van der Waals surface area contributed by atoms with Gasteiger partial charge in [0.2, 0.25) is 17.7 Å². The zero-order valence-electron chi connectivity index (χ0n) is 20.9. The van der Waals surface area contributed by atoms with Crippen LogP contribution in [0.1, 0.15) is 37.3 Å². The highest BCUT2D eigenvalue weighted by Gasteiger charge is 2.75. The van der Waals surface area contributed by atoms with Crippen LogP contribution in [0.3, 0.4) is 0 Å². The van der Waals surface area contributed by atoms with Crippen LogP contribution in [0.2, 0.25) is 0 Å². The van der Waals surface area contributed by atoms with Gasteiger partial charge in [-0.3, -0.25) is 14.4 Å². The summed E-state index contributed by atoms with van der Waals surface area (Å²) in [5.74, 6) is -2.42. The second kappa shape index (κ2) is 9.33. The molecule has 1 spiro atoms. The molecule has 2 bridgehead atoms. The normalized spacial score (nSPS) is 29.2. The monoisotopic (exact) mass is 491 g/mol. The molecule has 8 heteroatoms. The predicted octanol–water partition coefficient (Wildman–Crippen LogP) is 3.03. The summed E-state index contributed by atoms with van der Waals surface area (Å²) in [5.41, 5.74) is 2.13. The largest absolute Gasteiger partial charge is 0.394 e. The number of nitrogens with one attached hydrogen (secondary N) is 2. The third-order valence-corrected chi connectivity index (χ3v) is 8.06. The van der Waals surface area contributed by atoms with E-state index in [-0.39, 0.29) is 24.3 Å². The highest BCUT2D eigenvalue weighted by Crippen LogP contribution is 2.59. The number of ether oxygens (including phenoxy) is 1. The summed E-state index contributed by atoms with van der Waals surface area (Å²) in [7, 11) is 0. The minimum Gasteiger partial charge on any atom is -0.394 e. The Morgan fingerprint density at radius 1 is 1.14 bits per heavy atom. The summed E-state index contributed by atoms with van der Waals surface area (Å²) in [5, 5.41) is 16.1. The number of fused-ring (bicyclic) bond motifs is 1. The third kappa shape index (κ3) is 3.79. The minimum atomic E-state index is -1.11. The van der Waals surface area contributed by atoms with E-state index in [0.29, 0.717) is 30.6 Å². The molecule has 0 radical (unpaired) electrons. The van der Waals surface area contributed by atoms with E-state index in [1.807, 2.05) is 57.2 Å². The van der Waals surface area contributed by atoms with Crippen LogP contribution in [0, 0.1) is 25.7 Å². The lowest BCUT2D eigenvalue weighted by Gasteiger charge is -2.36. The van der Waals surface area contributed by atoms with Gasteiger partial charge in [0.15, 0.2) is 0 Å². The number of carbonyl (C=O) groups is 3. The fourth-order valence-electron chi connectivity index (χ4n) is 6.32. The average molecular weight is 492 g/mol. The molecule has 5 rings (SSSR count). The van der Waals surface area contributed by atoms with Gasteiger partial charge in [-0.25, -0.2) is 0 Å². The fourth-order valence-corrected chi connectivity index (χ4v) is 6.32. The number of aliphatic hydroxyl groups is 1. The molecular formula is C28H33N3O5. The third-order valence-electron chi connectivity index (χ3n) is 8.06. The van der Waals surface area contributed by atoms with Gasteiger partial charge in [0, 0.05) is 11.4 Å². The molecule has 6 atom stereocenters. The molecule has 36 heavy (non-hydrogen) atoms. The van der Waals surface area contributed by atoms with E-state index in [1.165, 1.54) is 4.90 Å². The number of nitrogens with zero attached hydrogens (tertiary/aromatic N) is 1. The van der Waals surface area contributed by atoms with Gasteiger partial charge in [-0.1, -0.05) is 37.3 Å². The zero-order chi connectivity index (χ0) is 25.6. The molecule has 3 fully saturated rings. The average Bonchev–Trinajstić information content (AvgIpc) is 3.50. The molecule has 3 amide bonds. The van der Waals surface area contributed by atoms with Crippen LogP contribution in [0.5, 0.6) is 0 Å². The maximum absolute atomic E-state index is 14.0. The van der Waals surface area contributed by atoms with Crippen LogP contribution in [-0.4, -0.2) is 58.1 Å². The van der Waals surface area contributed by atoms with Crippen LogP contribution in [-0.2, 0) is 19.1 Å². The Morgan fingerprint density at radius 2 is 1.89 bits per heavy atom. The van der Waals surface area contributed by atoms with Crippen molar-refractivity contribution in [3.05, 3.63) is 59.7 Å². The second-order valence-corrected chi connectivity index (χ2v) is 10.2. The van der Waals surface area contributed by atoms with Crippen molar-refractivity contribution >= 4 is 29.1 Å². The van der Waals surface area contributed by atoms with Gasteiger partial charge in [0.25, 0.3) is 0 Å². The lowest BCUT2D eigenvalue weighted by molar-refractivity contribution is -0.143. The number of hydrogen-bond acceptors (Lipinski definition) is 5. The highest BCUT2D eigenvalue weighted by atomic mass is 16.5. The van der Waals surface area contributed by atoms with Crippen LogP contribution < -0.4 is 10.6 Å². The standard InChI is InChI=1S/C28H33N3O5/c1-4-19(15-32)31-24(26(34)30-20-14-16(2)10-11-17(20)3)28-13-12-21(36-28)22(23(28)27(31)35)25(33)29-18-8-6-5-7-9-18/h5-11,14,19,21-24,32H,4,12-13,15H2,1-3H3,(H,29,33)(H,30,34)/t19-,21+,22-,23-,24?,28?/m0/s1. The van der Waals surface area contributed by atoms with Crippen molar-refractivity contribution in [2.45, 2.75) is 63.8 Å². The number of amides is 3. The molecule has 0 aliphatic carbocycles. The highest BCUT2D eigenvalue weighted by molar-refractivity contribution is 6.05. The number of aryl methyl sites for hydroxylation is 2. The Morgan fingerprint density at radius 3 is 2.58 bits per heavy atom. The van der Waals surface area contributed by atoms with Gasteiger partial charge in [0.05, 0.1) is 30.6 Å². The first-order valence-electron chi connectivity index (χ1n) is 12.7. The Labute approximate surface area is 211 Å². The Hall–Kier alpha value is -3.23. The number of benzene rings is 2. The van der Waals surface area contributed by atoms with Gasteiger partial charge in [-0.15, -0.1) is 0 Å². The van der Waals surface area contributed by atoms with Crippen LogP contribution in [0.25, 0.3) is 0 Å². The molecule has 3 N–H and O–H groups in total. The minimum absolute atomic E-state index is 0.275. The molecule has 0 saturated carbocycles. The number of aliphatic hydroxyl groups excluding tert-OH is 1. The Balaban J connectivity index is 1.51. The van der Waals surface area contributed by atoms with Crippen molar-refractivity contribution in [2.24, 2.45) is 11.8 Å². The van der Waals surface area contributed by atoms with Crippen molar-refractivity contribution in [3.8, 4) is 0 Å². The summed E-state index contributed by atoms with van der Waals surface area (Å²) in [6, 6.07) is 13.4. The first-order chi connectivity index (χ1) is 17.3. The van der Waals surface area contributed by atoms with E-state index in [2.05, 4.69) is 10.6 Å². The summed E-state index contributed by atoms with van der Waals surface area (Å²) in [6.45, 7) is 5.46. The first-order valence-corrected chi connectivity index (χ1v) is 12.7. The summed E-state index contributed by atoms with van der Waals surface area (Å²) in [4.78, 5) is 42.8. The number of hydrogen-bond donors (Lipinski definition) is 3. The number of rotatable bonds is 7. The number of anilines is 2. The maximum Gasteiger partial charge on any atom is 0.250 e. The molecule has 3 heterocycles. The van der Waals surface area contributed by atoms with Crippen LogP contribution >= 0.6 is 0 Å². The van der Waals surface area contributed by atoms with Crippen molar-refractivity contribution < 1.29 is 24.2 Å². The van der Waals surface area contributed by atoms with E-state index < -0.39 is 35.6 Å². The molecule has 2 aromatic carbocycles. The van der Waals surface area contributed by atoms with Gasteiger partial charge in [-0.2, -0.15) is 0 Å². The summed E-state index contributed by atoms with van der Waals surface area (Å²) in [6.07, 6.45) is 1.14. The predicted molar refractivity (Wildman–Crippen MR) is 135 cm³/mol. The zero-order valence-corrected chi connectivity index (χ0v) is 20.9. The molecule has 3 saturated heterocycles. The number of likely N-dealkylation sites (tertiary alicyclic amines) is 1. The van der Waals surface area contributed by atoms with Crippen LogP contribution in [0.4, 0.5) is 11.4 Å². The Kier molecular flexibility index (Phi) is 6.34. The SMILES string of the molecule is CC[C@@H](CO)N1C(=O)[C@@H]2[C@@H](C(=O)Nc3ccccc3)[C@H]3CCC2(O3)C1C(=O)Nc1cc(C)ccc1C. The summed E-state index contributed by atoms with van der Waals surface area (Å²) >= 11 is 0. The topological polar surface area (TPSA) is 108 Å². The summed E-state index contributed by atoms with van der Waals surface area (Å²) < 4.78 is 6.45. The smallest absolute Gasteiger partial charge is 0.250 e. The molecule has 2 aromatic rings. The van der Waals surface area contributed by atoms with Crippen LogP contribution in [0.15, 0.2) is 48.5 Å². The van der Waals surface area contributed by atoms with Gasteiger partial charge >= 0.3 is 0 Å². The van der Waals surface area contributed by atoms with Gasteiger partial charge in [-0.05, 0) is 62.4 Å². The number of para-hydroxylation sites is 1. The second-order valence-electron chi connectivity index (χ2n) is 10.2. The lowest BCUT2D eigenvalue weighted by atomic mass is 9.70. The molecule has 8 nitrogen and oxygen atoms in total. The van der Waals surface area contributed by atoms with E-state index in [1.54, 1.807) is 12.1 Å². The van der Waals surface area contributed by atoms with E-state index >= 15 is 0 Å². The molecule has 2 unspecified atom stereocenters. The van der Waals surface area contributed by atoms with E-state index in [4.69, 9.17) is 4.74 Å². The van der Waals surface area contributed by atoms with Gasteiger partial charge < -0.3 is 25.4 Å². The van der Waals surface area contributed by atoms with E-state index in [0.717, 1.165) is 11.1 Å². The molecule has 0 aromatic heterocycles.